The van der Waals surface area contributed by atoms with E-state index in [-0.39, 0.29) is 6.61 Å². The summed E-state index contributed by atoms with van der Waals surface area (Å²) in [5.74, 6) is 2.83. The lowest BCUT2D eigenvalue weighted by atomic mass is 10.4. The van der Waals surface area contributed by atoms with Crippen molar-refractivity contribution in [2.45, 2.75) is 19.8 Å². The van der Waals surface area contributed by atoms with E-state index in [1.165, 1.54) is 24.3 Å². The summed E-state index contributed by atoms with van der Waals surface area (Å²) in [6, 6.07) is 0. The first-order chi connectivity index (χ1) is 3.91. The van der Waals surface area contributed by atoms with Crippen LogP contribution in [-0.4, -0.2) is 23.2 Å². The zero-order valence-electron chi connectivity index (χ0n) is 5.39. The normalized spacial score (nSPS) is 17.2. The van der Waals surface area contributed by atoms with Crippen LogP contribution in [0.5, 0.6) is 0 Å². The van der Waals surface area contributed by atoms with Gasteiger partial charge < -0.3 is 5.11 Å². The van der Waals surface area contributed by atoms with Gasteiger partial charge in [-0.15, -0.1) is 0 Å². The zero-order valence-corrected chi connectivity index (χ0v) is 6.21. The standard InChI is InChI=1S/C4H8S.C2H6O/c1-2-4-5-3-1;1-2-3/h1-4H2;3H,2H2,1H3. The van der Waals surface area contributed by atoms with E-state index in [0.717, 1.165) is 0 Å². The number of thioether (sulfide) groups is 1. The molecule has 0 amide bonds. The molecular formula is C6H14OS. The zero-order chi connectivity index (χ0) is 6.24. The third-order valence-corrected chi connectivity index (χ3v) is 1.98. The summed E-state index contributed by atoms with van der Waals surface area (Å²) in [6.07, 6.45) is 2.93. The van der Waals surface area contributed by atoms with Crippen LogP contribution < -0.4 is 0 Å². The predicted molar refractivity (Wildman–Crippen MR) is 39.3 cm³/mol. The Morgan fingerprint density at radius 1 is 1.38 bits per heavy atom. The average Bonchev–Trinajstić information content (AvgIpc) is 2.17. The van der Waals surface area contributed by atoms with Gasteiger partial charge in [-0.3, -0.25) is 0 Å². The molecule has 1 heterocycles. The number of aliphatic hydroxyl groups excluding tert-OH is 1. The summed E-state index contributed by atoms with van der Waals surface area (Å²) < 4.78 is 0. The monoisotopic (exact) mass is 134 g/mol. The molecule has 2 heteroatoms. The highest BCUT2D eigenvalue weighted by molar-refractivity contribution is 7.99. The molecule has 0 aliphatic carbocycles. The molecule has 0 atom stereocenters. The minimum atomic E-state index is 0.250. The van der Waals surface area contributed by atoms with Crippen molar-refractivity contribution in [1.82, 2.24) is 0 Å². The Balaban J connectivity index is 0.000000145. The molecule has 0 radical (unpaired) electrons. The quantitative estimate of drug-likeness (QED) is 0.542. The first kappa shape index (κ1) is 8.31. The van der Waals surface area contributed by atoms with Crippen LogP contribution >= 0.6 is 11.8 Å². The molecule has 1 aliphatic heterocycles. The molecule has 1 saturated heterocycles. The molecule has 8 heavy (non-hydrogen) atoms. The van der Waals surface area contributed by atoms with Crippen molar-refractivity contribution in [3.8, 4) is 0 Å². The summed E-state index contributed by atoms with van der Waals surface area (Å²) >= 11 is 2.07. The van der Waals surface area contributed by atoms with E-state index in [2.05, 4.69) is 11.8 Å². The summed E-state index contributed by atoms with van der Waals surface area (Å²) in [4.78, 5) is 0. The van der Waals surface area contributed by atoms with Gasteiger partial charge in [-0.2, -0.15) is 11.8 Å². The Morgan fingerprint density at radius 3 is 1.88 bits per heavy atom. The number of rotatable bonds is 0. The molecule has 1 fully saturated rings. The van der Waals surface area contributed by atoms with Gasteiger partial charge in [0.05, 0.1) is 0 Å². The van der Waals surface area contributed by atoms with Crippen molar-refractivity contribution in [2.75, 3.05) is 18.1 Å². The largest absolute Gasteiger partial charge is 0.397 e. The van der Waals surface area contributed by atoms with Crippen LogP contribution in [0, 0.1) is 0 Å². The molecule has 0 unspecified atom stereocenters. The summed E-state index contributed by atoms with van der Waals surface area (Å²) in [7, 11) is 0. The minimum absolute atomic E-state index is 0.250. The molecule has 0 saturated carbocycles. The van der Waals surface area contributed by atoms with E-state index in [9.17, 15) is 0 Å². The van der Waals surface area contributed by atoms with E-state index in [1.807, 2.05) is 0 Å². The van der Waals surface area contributed by atoms with Crippen LogP contribution in [0.2, 0.25) is 0 Å². The molecule has 0 spiro atoms. The number of aliphatic hydroxyl groups is 1. The Morgan fingerprint density at radius 2 is 1.75 bits per heavy atom. The maximum atomic E-state index is 7.57. The van der Waals surface area contributed by atoms with Crippen molar-refractivity contribution in [2.24, 2.45) is 0 Å². The van der Waals surface area contributed by atoms with Crippen molar-refractivity contribution in [1.29, 1.82) is 0 Å². The van der Waals surface area contributed by atoms with Crippen LogP contribution in [0.15, 0.2) is 0 Å². The van der Waals surface area contributed by atoms with Crippen LogP contribution in [0.4, 0.5) is 0 Å². The van der Waals surface area contributed by atoms with Crippen molar-refractivity contribution >= 4 is 11.8 Å². The van der Waals surface area contributed by atoms with Gasteiger partial charge in [0.25, 0.3) is 0 Å². The second kappa shape index (κ2) is 7.31. The molecule has 0 aromatic heterocycles. The third-order valence-electron chi connectivity index (χ3n) is 0.827. The first-order valence-electron chi connectivity index (χ1n) is 3.10. The van der Waals surface area contributed by atoms with E-state index < -0.39 is 0 Å². The lowest BCUT2D eigenvalue weighted by molar-refractivity contribution is 0.318. The Hall–Kier alpha value is 0.310. The van der Waals surface area contributed by atoms with Gasteiger partial charge in [0, 0.05) is 6.61 Å². The second-order valence-corrected chi connectivity index (χ2v) is 2.86. The maximum Gasteiger partial charge on any atom is 0.0402 e. The van der Waals surface area contributed by atoms with Crippen molar-refractivity contribution in [3.63, 3.8) is 0 Å². The fourth-order valence-electron chi connectivity index (χ4n) is 0.510. The van der Waals surface area contributed by atoms with Gasteiger partial charge in [0.1, 0.15) is 0 Å². The highest BCUT2D eigenvalue weighted by atomic mass is 32.2. The van der Waals surface area contributed by atoms with Gasteiger partial charge in [0.15, 0.2) is 0 Å². The van der Waals surface area contributed by atoms with Gasteiger partial charge in [-0.25, -0.2) is 0 Å². The van der Waals surface area contributed by atoms with E-state index in [1.54, 1.807) is 6.92 Å². The Bertz CT molecular complexity index is 27.9. The summed E-state index contributed by atoms with van der Waals surface area (Å²) in [6.45, 7) is 1.93. The van der Waals surface area contributed by atoms with E-state index in [4.69, 9.17) is 5.11 Å². The first-order valence-corrected chi connectivity index (χ1v) is 4.26. The smallest absolute Gasteiger partial charge is 0.0402 e. The Kier molecular flexibility index (Phi) is 7.59. The molecule has 0 aromatic rings. The summed E-state index contributed by atoms with van der Waals surface area (Å²) in [5.41, 5.74) is 0. The van der Waals surface area contributed by atoms with E-state index >= 15 is 0 Å². The van der Waals surface area contributed by atoms with Crippen LogP contribution in [0.25, 0.3) is 0 Å². The molecule has 1 rings (SSSR count). The van der Waals surface area contributed by atoms with Gasteiger partial charge in [-0.05, 0) is 31.3 Å². The second-order valence-electron chi connectivity index (χ2n) is 1.64. The summed E-state index contributed by atoms with van der Waals surface area (Å²) in [5, 5.41) is 7.57. The molecule has 1 aliphatic rings. The maximum absolute atomic E-state index is 7.57. The lowest BCUT2D eigenvalue weighted by Crippen LogP contribution is -1.58. The van der Waals surface area contributed by atoms with Crippen LogP contribution in [0.1, 0.15) is 19.8 Å². The molecule has 1 N–H and O–H groups in total. The minimum Gasteiger partial charge on any atom is -0.397 e. The van der Waals surface area contributed by atoms with Gasteiger partial charge in [0.2, 0.25) is 0 Å². The topological polar surface area (TPSA) is 20.2 Å². The van der Waals surface area contributed by atoms with Gasteiger partial charge >= 0.3 is 0 Å². The molecule has 1 nitrogen and oxygen atoms in total. The SMILES string of the molecule is C1CCSC1.CCO. The molecule has 50 valence electrons. The fourth-order valence-corrected chi connectivity index (χ4v) is 1.53. The average molecular weight is 134 g/mol. The van der Waals surface area contributed by atoms with Crippen LogP contribution in [-0.2, 0) is 0 Å². The van der Waals surface area contributed by atoms with Crippen molar-refractivity contribution in [3.05, 3.63) is 0 Å². The molecule has 0 aromatic carbocycles. The predicted octanol–water partition coefficient (Wildman–Crippen LogP) is 1.51. The highest BCUT2D eigenvalue weighted by Crippen LogP contribution is 2.14. The van der Waals surface area contributed by atoms with E-state index in [0.29, 0.717) is 0 Å². The third kappa shape index (κ3) is 6.31. The lowest BCUT2D eigenvalue weighted by Gasteiger charge is -1.69. The van der Waals surface area contributed by atoms with Gasteiger partial charge in [-0.1, -0.05) is 0 Å². The number of hydrogen-bond acceptors (Lipinski definition) is 2. The molecular weight excluding hydrogens is 120 g/mol. The molecule has 0 bridgehead atoms. The van der Waals surface area contributed by atoms with Crippen LogP contribution in [0.3, 0.4) is 0 Å². The number of hydrogen-bond donors (Lipinski definition) is 1. The fraction of sp³-hybridized carbons (Fsp3) is 1.00. The highest BCUT2D eigenvalue weighted by Gasteiger charge is 1.95. The van der Waals surface area contributed by atoms with Crippen molar-refractivity contribution < 1.29 is 5.11 Å². The Labute approximate surface area is 55.5 Å².